The average Bonchev–Trinajstić information content (AvgIpc) is 2.76. The lowest BCUT2D eigenvalue weighted by Crippen LogP contribution is -2.43. The Morgan fingerprint density at radius 3 is 2.82 bits per heavy atom. The van der Waals surface area contributed by atoms with E-state index in [1.54, 1.807) is 0 Å². The number of aromatic nitrogens is 2. The van der Waals surface area contributed by atoms with E-state index in [1.165, 1.54) is 0 Å². The fourth-order valence-corrected chi connectivity index (χ4v) is 2.92. The summed E-state index contributed by atoms with van der Waals surface area (Å²) in [6, 6.07) is 0.188. The van der Waals surface area contributed by atoms with E-state index in [4.69, 9.17) is 5.14 Å². The second kappa shape index (κ2) is 4.75. The topological polar surface area (TPSA) is 90.0 Å². The van der Waals surface area contributed by atoms with E-state index >= 15 is 0 Å². The second-order valence-corrected chi connectivity index (χ2v) is 6.22. The Labute approximate surface area is 101 Å². The van der Waals surface area contributed by atoms with Crippen molar-refractivity contribution in [2.75, 3.05) is 6.54 Å². The summed E-state index contributed by atoms with van der Waals surface area (Å²) in [7, 11) is -3.41. The van der Waals surface area contributed by atoms with Gasteiger partial charge in [-0.05, 0) is 19.8 Å². The molecule has 0 amide bonds. The van der Waals surface area contributed by atoms with E-state index in [0.717, 1.165) is 18.5 Å². The molecule has 1 saturated heterocycles. The van der Waals surface area contributed by atoms with Gasteiger partial charge in [-0.25, -0.2) is 13.6 Å². The third-order valence-electron chi connectivity index (χ3n) is 3.21. The van der Waals surface area contributed by atoms with Crippen molar-refractivity contribution >= 4 is 10.0 Å². The predicted octanol–water partition coefficient (Wildman–Crippen LogP) is -0.0154. The first-order chi connectivity index (χ1) is 8.00. The van der Waals surface area contributed by atoms with Gasteiger partial charge >= 0.3 is 0 Å². The van der Waals surface area contributed by atoms with Gasteiger partial charge in [-0.1, -0.05) is 0 Å². The van der Waals surface area contributed by atoms with Crippen molar-refractivity contribution in [1.82, 2.24) is 15.1 Å². The van der Waals surface area contributed by atoms with E-state index in [-0.39, 0.29) is 6.04 Å². The Bertz CT molecular complexity index is 474. The molecule has 7 heteroatoms. The summed E-state index contributed by atoms with van der Waals surface area (Å²) in [5.41, 5.74) is 1.11. The summed E-state index contributed by atoms with van der Waals surface area (Å²) in [4.78, 5) is 0. The fraction of sp³-hybridized carbons (Fsp3) is 0.700. The summed E-state index contributed by atoms with van der Waals surface area (Å²) < 4.78 is 24.3. The first kappa shape index (κ1) is 12.5. The van der Waals surface area contributed by atoms with Gasteiger partial charge in [0.05, 0.1) is 11.4 Å². The molecule has 1 fully saturated rings. The molecule has 2 unspecified atom stereocenters. The molecule has 1 aromatic heterocycles. The van der Waals surface area contributed by atoms with Crippen LogP contribution in [0.3, 0.4) is 0 Å². The lowest BCUT2D eigenvalue weighted by atomic mass is 10.00. The number of piperidine rings is 1. The molecule has 96 valence electrons. The highest BCUT2D eigenvalue weighted by Crippen LogP contribution is 2.24. The van der Waals surface area contributed by atoms with Crippen LogP contribution in [-0.2, 0) is 16.6 Å². The van der Waals surface area contributed by atoms with E-state index in [0.29, 0.717) is 13.0 Å². The molecule has 1 aromatic rings. The normalized spacial score (nSPS) is 26.0. The maximum Gasteiger partial charge on any atom is 0.213 e. The number of primary sulfonamides is 1. The summed E-state index contributed by atoms with van der Waals surface area (Å²) in [6.07, 6.45) is 5.21. The number of rotatable bonds is 3. The van der Waals surface area contributed by atoms with Gasteiger partial charge in [-0.2, -0.15) is 5.10 Å². The van der Waals surface area contributed by atoms with E-state index < -0.39 is 15.3 Å². The van der Waals surface area contributed by atoms with Crippen LogP contribution < -0.4 is 10.5 Å². The van der Waals surface area contributed by atoms with Crippen molar-refractivity contribution in [1.29, 1.82) is 0 Å². The first-order valence-corrected chi connectivity index (χ1v) is 7.39. The summed E-state index contributed by atoms with van der Waals surface area (Å²) in [5.74, 6) is 0. The van der Waals surface area contributed by atoms with Crippen LogP contribution in [0.5, 0.6) is 0 Å². The number of nitrogens with one attached hydrogen (secondary N) is 1. The highest BCUT2D eigenvalue weighted by Gasteiger charge is 2.28. The number of nitrogens with two attached hydrogens (primary N) is 1. The van der Waals surface area contributed by atoms with Crippen LogP contribution in [0.15, 0.2) is 12.4 Å². The quantitative estimate of drug-likeness (QED) is 0.797. The molecule has 1 aliphatic heterocycles. The molecule has 0 aromatic carbocycles. The van der Waals surface area contributed by atoms with E-state index in [2.05, 4.69) is 10.4 Å². The largest absolute Gasteiger partial charge is 0.308 e. The molecule has 3 N–H and O–H groups in total. The number of hydrogen-bond acceptors (Lipinski definition) is 4. The van der Waals surface area contributed by atoms with Crippen molar-refractivity contribution in [2.24, 2.45) is 5.14 Å². The fourth-order valence-electron chi connectivity index (χ4n) is 2.13. The zero-order chi connectivity index (χ0) is 12.5. The molecule has 17 heavy (non-hydrogen) atoms. The summed E-state index contributed by atoms with van der Waals surface area (Å²) >= 11 is 0. The molecule has 2 atom stereocenters. The maximum atomic E-state index is 11.2. The standard InChI is InChI=1S/C10H18N4O2S/c1-2-14-7-8(5-13-14)10-4-3-9(6-12-10)17(11,15)16/h5,7,9-10,12H,2-4,6H2,1H3,(H2,11,15,16). The Hall–Kier alpha value is -0.920. The highest BCUT2D eigenvalue weighted by molar-refractivity contribution is 7.89. The van der Waals surface area contributed by atoms with Crippen LogP contribution in [-0.4, -0.2) is 30.0 Å². The van der Waals surface area contributed by atoms with Gasteiger partial charge in [0.2, 0.25) is 10.0 Å². The molecule has 6 nitrogen and oxygen atoms in total. The van der Waals surface area contributed by atoms with Crippen molar-refractivity contribution in [2.45, 2.75) is 37.6 Å². The monoisotopic (exact) mass is 258 g/mol. The van der Waals surface area contributed by atoms with Crippen molar-refractivity contribution in [3.05, 3.63) is 18.0 Å². The Kier molecular flexibility index (Phi) is 3.50. The molecule has 0 radical (unpaired) electrons. The summed E-state index contributed by atoms with van der Waals surface area (Å²) in [6.45, 7) is 3.29. The van der Waals surface area contributed by atoms with Crippen LogP contribution >= 0.6 is 0 Å². The lowest BCUT2D eigenvalue weighted by Gasteiger charge is -2.27. The van der Waals surface area contributed by atoms with Crippen molar-refractivity contribution in [3.8, 4) is 0 Å². The van der Waals surface area contributed by atoms with Crippen LogP contribution in [0.4, 0.5) is 0 Å². The van der Waals surface area contributed by atoms with Gasteiger partial charge in [-0.3, -0.25) is 4.68 Å². The van der Waals surface area contributed by atoms with Crippen LogP contribution in [0, 0.1) is 0 Å². The third-order valence-corrected chi connectivity index (χ3v) is 4.55. The number of nitrogens with zero attached hydrogens (tertiary/aromatic N) is 2. The average molecular weight is 258 g/mol. The molecular weight excluding hydrogens is 240 g/mol. The second-order valence-electron chi connectivity index (χ2n) is 4.38. The molecule has 0 saturated carbocycles. The molecular formula is C10H18N4O2S. The summed E-state index contributed by atoms with van der Waals surface area (Å²) in [5, 5.41) is 12.1. The third kappa shape index (κ3) is 2.85. The minimum absolute atomic E-state index is 0.188. The molecule has 1 aliphatic rings. The van der Waals surface area contributed by atoms with Crippen LogP contribution in [0.1, 0.15) is 31.4 Å². The number of sulfonamides is 1. The van der Waals surface area contributed by atoms with Gasteiger partial charge < -0.3 is 5.32 Å². The zero-order valence-corrected chi connectivity index (χ0v) is 10.7. The minimum atomic E-state index is -3.41. The smallest absolute Gasteiger partial charge is 0.213 e. The van der Waals surface area contributed by atoms with Crippen LogP contribution in [0.25, 0.3) is 0 Å². The number of aryl methyl sites for hydroxylation is 1. The molecule has 0 bridgehead atoms. The van der Waals surface area contributed by atoms with Crippen molar-refractivity contribution in [3.63, 3.8) is 0 Å². The first-order valence-electron chi connectivity index (χ1n) is 5.78. The zero-order valence-electron chi connectivity index (χ0n) is 9.83. The van der Waals surface area contributed by atoms with Gasteiger partial charge in [-0.15, -0.1) is 0 Å². The minimum Gasteiger partial charge on any atom is -0.308 e. The van der Waals surface area contributed by atoms with E-state index in [1.807, 2.05) is 24.0 Å². The maximum absolute atomic E-state index is 11.2. The predicted molar refractivity (Wildman–Crippen MR) is 64.8 cm³/mol. The van der Waals surface area contributed by atoms with Crippen molar-refractivity contribution < 1.29 is 8.42 Å². The Balaban J connectivity index is 1.99. The molecule has 2 heterocycles. The lowest BCUT2D eigenvalue weighted by molar-refractivity contribution is 0.407. The van der Waals surface area contributed by atoms with Gasteiger partial charge in [0, 0.05) is 30.9 Å². The molecule has 2 rings (SSSR count). The molecule has 0 aliphatic carbocycles. The van der Waals surface area contributed by atoms with Gasteiger partial charge in [0.1, 0.15) is 0 Å². The highest BCUT2D eigenvalue weighted by atomic mass is 32.2. The molecule has 0 spiro atoms. The van der Waals surface area contributed by atoms with Gasteiger partial charge in [0.25, 0.3) is 0 Å². The Morgan fingerprint density at radius 1 is 1.59 bits per heavy atom. The Morgan fingerprint density at radius 2 is 2.35 bits per heavy atom. The number of hydrogen-bond donors (Lipinski definition) is 2. The van der Waals surface area contributed by atoms with Crippen LogP contribution in [0.2, 0.25) is 0 Å². The van der Waals surface area contributed by atoms with Gasteiger partial charge in [0.15, 0.2) is 0 Å². The SMILES string of the molecule is CCn1cc(C2CCC(S(N)(=O)=O)CN2)cn1. The van der Waals surface area contributed by atoms with E-state index in [9.17, 15) is 8.42 Å².